The van der Waals surface area contributed by atoms with E-state index in [1.54, 1.807) is 0 Å². The molecule has 0 aromatic heterocycles. The summed E-state index contributed by atoms with van der Waals surface area (Å²) >= 11 is 0. The van der Waals surface area contributed by atoms with Gasteiger partial charge in [-0.2, -0.15) is 0 Å². The van der Waals surface area contributed by atoms with Gasteiger partial charge in [-0.1, -0.05) is 20.8 Å². The molecule has 0 spiro atoms. The van der Waals surface area contributed by atoms with E-state index in [2.05, 4.69) is 25.7 Å². The van der Waals surface area contributed by atoms with E-state index < -0.39 is 6.09 Å². The summed E-state index contributed by atoms with van der Waals surface area (Å²) in [5.41, 5.74) is 0. The van der Waals surface area contributed by atoms with Gasteiger partial charge in [0.25, 0.3) is 0 Å². The monoisotopic (exact) mass is 230 g/mol. The Morgan fingerprint density at radius 3 is 1.69 bits per heavy atom. The van der Waals surface area contributed by atoms with Crippen LogP contribution < -0.4 is 0 Å². The van der Waals surface area contributed by atoms with Crippen LogP contribution in [0.25, 0.3) is 0 Å². The molecule has 96 valence electrons. The zero-order chi connectivity index (χ0) is 12.4. The Kier molecular flexibility index (Phi) is 9.00. The van der Waals surface area contributed by atoms with Crippen molar-refractivity contribution in [2.75, 3.05) is 32.7 Å². The predicted molar refractivity (Wildman–Crippen MR) is 66.9 cm³/mol. The van der Waals surface area contributed by atoms with Crippen LogP contribution in [0.15, 0.2) is 0 Å². The Hall–Kier alpha value is -0.770. The molecule has 0 aliphatic carbocycles. The molecule has 1 heterocycles. The maximum Gasteiger partial charge on any atom is 0.407 e. The summed E-state index contributed by atoms with van der Waals surface area (Å²) in [5, 5.41) is 8.46. The first-order valence-electron chi connectivity index (χ1n) is 6.35. The second-order valence-corrected chi connectivity index (χ2v) is 3.95. The highest BCUT2D eigenvalue weighted by molar-refractivity contribution is 5.64. The second-order valence-electron chi connectivity index (χ2n) is 3.95. The quantitative estimate of drug-likeness (QED) is 0.810. The van der Waals surface area contributed by atoms with Gasteiger partial charge in [-0.15, -0.1) is 0 Å². The summed E-state index contributed by atoms with van der Waals surface area (Å²) in [4.78, 5) is 14.1. The topological polar surface area (TPSA) is 43.8 Å². The molecule has 1 aliphatic rings. The van der Waals surface area contributed by atoms with E-state index in [1.165, 1.54) is 31.0 Å². The number of carboxylic acid groups (broad SMARTS) is 1. The Bertz CT molecular complexity index is 170. The minimum Gasteiger partial charge on any atom is -0.465 e. The van der Waals surface area contributed by atoms with Gasteiger partial charge in [0.05, 0.1) is 0 Å². The van der Waals surface area contributed by atoms with E-state index in [1.807, 2.05) is 0 Å². The van der Waals surface area contributed by atoms with Crippen LogP contribution in [-0.2, 0) is 0 Å². The van der Waals surface area contributed by atoms with Crippen molar-refractivity contribution < 1.29 is 9.90 Å². The Labute approximate surface area is 99.2 Å². The molecule has 0 unspecified atom stereocenters. The lowest BCUT2D eigenvalue weighted by molar-refractivity contribution is 0.136. The number of rotatable bonds is 3. The first kappa shape index (κ1) is 15.2. The molecule has 1 aliphatic heterocycles. The van der Waals surface area contributed by atoms with E-state index in [4.69, 9.17) is 5.11 Å². The maximum atomic E-state index is 10.3. The molecule has 0 bridgehead atoms. The van der Waals surface area contributed by atoms with Crippen molar-refractivity contribution in [1.82, 2.24) is 9.80 Å². The van der Waals surface area contributed by atoms with Crippen LogP contribution in [0.3, 0.4) is 0 Å². The van der Waals surface area contributed by atoms with Crippen molar-refractivity contribution in [1.29, 1.82) is 0 Å². The van der Waals surface area contributed by atoms with Crippen LogP contribution >= 0.6 is 0 Å². The molecule has 1 N–H and O–H groups in total. The lowest BCUT2D eigenvalue weighted by atomic mass is 10.1. The highest BCUT2D eigenvalue weighted by Crippen LogP contribution is 2.07. The van der Waals surface area contributed by atoms with Crippen molar-refractivity contribution in [2.24, 2.45) is 0 Å². The molecule has 0 radical (unpaired) electrons. The molecule has 0 atom stereocenters. The van der Waals surface area contributed by atoms with Gasteiger partial charge < -0.3 is 14.9 Å². The van der Waals surface area contributed by atoms with Crippen LogP contribution in [0, 0.1) is 0 Å². The number of amides is 1. The van der Waals surface area contributed by atoms with Gasteiger partial charge in [0.15, 0.2) is 0 Å². The molecular formula is C12H26N2O2. The largest absolute Gasteiger partial charge is 0.465 e. The zero-order valence-electron chi connectivity index (χ0n) is 10.9. The summed E-state index contributed by atoms with van der Waals surface area (Å²) in [6.07, 6.45) is 2.48. The van der Waals surface area contributed by atoms with E-state index in [-0.39, 0.29) is 0 Å². The number of hydrogen-bond acceptors (Lipinski definition) is 2. The van der Waals surface area contributed by atoms with Gasteiger partial charge >= 0.3 is 6.09 Å². The summed E-state index contributed by atoms with van der Waals surface area (Å²) in [6, 6.07) is 0. The molecule has 0 aromatic carbocycles. The van der Waals surface area contributed by atoms with Crippen molar-refractivity contribution >= 4 is 6.09 Å². The van der Waals surface area contributed by atoms with E-state index >= 15 is 0 Å². The van der Waals surface area contributed by atoms with Gasteiger partial charge in [0.1, 0.15) is 0 Å². The molecule has 1 rings (SSSR count). The lowest BCUT2D eigenvalue weighted by Gasteiger charge is -2.22. The van der Waals surface area contributed by atoms with Gasteiger partial charge in [0.2, 0.25) is 0 Å². The van der Waals surface area contributed by atoms with Crippen LogP contribution in [0.1, 0.15) is 40.0 Å². The Balaban J connectivity index is 0.000000293. The first-order chi connectivity index (χ1) is 7.65. The van der Waals surface area contributed by atoms with Gasteiger partial charge in [0, 0.05) is 13.1 Å². The molecule has 1 saturated heterocycles. The average molecular weight is 230 g/mol. The first-order valence-corrected chi connectivity index (χ1v) is 6.35. The molecule has 0 aromatic rings. The molecule has 0 saturated carbocycles. The third-order valence-corrected chi connectivity index (χ3v) is 2.97. The van der Waals surface area contributed by atoms with Crippen molar-refractivity contribution in [3.8, 4) is 0 Å². The summed E-state index contributed by atoms with van der Waals surface area (Å²) in [6.45, 7) is 11.6. The molecule has 16 heavy (non-hydrogen) atoms. The standard InChI is InChI=1S/C6H11NO2.C6H15N/c8-6(9)7-4-2-1-3-5-7;1-4-7(5-2)6-3/h1-5H2,(H,8,9);4-6H2,1-3H3. The van der Waals surface area contributed by atoms with Crippen LogP contribution in [0.4, 0.5) is 4.79 Å². The molecular weight excluding hydrogens is 204 g/mol. The number of hydrogen-bond donors (Lipinski definition) is 1. The van der Waals surface area contributed by atoms with Gasteiger partial charge in [-0.25, -0.2) is 4.79 Å². The molecule has 4 nitrogen and oxygen atoms in total. The van der Waals surface area contributed by atoms with Gasteiger partial charge in [-0.05, 0) is 38.9 Å². The fourth-order valence-corrected chi connectivity index (χ4v) is 1.76. The number of carbonyl (C=O) groups is 1. The van der Waals surface area contributed by atoms with E-state index in [0.29, 0.717) is 0 Å². The minimum atomic E-state index is -0.769. The normalized spacial score (nSPS) is 15.6. The van der Waals surface area contributed by atoms with Crippen LogP contribution in [-0.4, -0.2) is 53.7 Å². The highest BCUT2D eigenvalue weighted by Gasteiger charge is 2.13. The van der Waals surface area contributed by atoms with Crippen LogP contribution in [0.2, 0.25) is 0 Å². The Morgan fingerprint density at radius 1 is 1.06 bits per heavy atom. The molecule has 1 amide bonds. The average Bonchev–Trinajstić information content (AvgIpc) is 2.33. The van der Waals surface area contributed by atoms with Crippen molar-refractivity contribution in [2.45, 2.75) is 40.0 Å². The third kappa shape index (κ3) is 6.67. The SMILES string of the molecule is CCN(CC)CC.O=C(O)N1CCCCC1. The smallest absolute Gasteiger partial charge is 0.407 e. The van der Waals surface area contributed by atoms with Crippen molar-refractivity contribution in [3.63, 3.8) is 0 Å². The molecule has 1 fully saturated rings. The molecule has 4 heteroatoms. The minimum absolute atomic E-state index is 0.731. The number of likely N-dealkylation sites (tertiary alicyclic amines) is 1. The zero-order valence-corrected chi connectivity index (χ0v) is 10.9. The van der Waals surface area contributed by atoms with E-state index in [0.717, 1.165) is 25.9 Å². The number of piperidine rings is 1. The predicted octanol–water partition coefficient (Wildman–Crippen LogP) is 2.50. The summed E-state index contributed by atoms with van der Waals surface area (Å²) in [7, 11) is 0. The fraction of sp³-hybridized carbons (Fsp3) is 0.917. The highest BCUT2D eigenvalue weighted by atomic mass is 16.4. The summed E-state index contributed by atoms with van der Waals surface area (Å²) in [5.74, 6) is 0. The third-order valence-electron chi connectivity index (χ3n) is 2.97. The summed E-state index contributed by atoms with van der Waals surface area (Å²) < 4.78 is 0. The van der Waals surface area contributed by atoms with E-state index in [9.17, 15) is 4.79 Å². The van der Waals surface area contributed by atoms with Crippen LogP contribution in [0.5, 0.6) is 0 Å². The lowest BCUT2D eigenvalue weighted by Crippen LogP contribution is -2.34. The van der Waals surface area contributed by atoms with Gasteiger partial charge in [-0.3, -0.25) is 0 Å². The second kappa shape index (κ2) is 9.46. The Morgan fingerprint density at radius 2 is 1.50 bits per heavy atom. The number of nitrogens with zero attached hydrogens (tertiary/aromatic N) is 2. The van der Waals surface area contributed by atoms with Crippen molar-refractivity contribution in [3.05, 3.63) is 0 Å². The fourth-order valence-electron chi connectivity index (χ4n) is 1.76. The maximum absolute atomic E-state index is 10.3.